The monoisotopic (exact) mass is 498 g/mol. The Morgan fingerprint density at radius 1 is 1.19 bits per heavy atom. The molecule has 11 heteroatoms. The van der Waals surface area contributed by atoms with Crippen molar-refractivity contribution >= 4 is 50.0 Å². The Morgan fingerprint density at radius 2 is 1.88 bits per heavy atom. The maximum absolute atomic E-state index is 13.1. The number of thioether (sulfide) groups is 1. The van der Waals surface area contributed by atoms with Gasteiger partial charge in [-0.05, 0) is 23.8 Å². The molecule has 2 aromatic carbocycles. The standard InChI is InChI=1S/C21H20ClFN2O5S2/c1-29-17-9-18(30-2)15(8-14(17)22)25-16-10-32(27,28)11-19(16)31-21(25)24-20(26)7-12-3-5-13(23)6-4-12/h3-6,8-9,16,19H,7,10-11H2,1-2H3/t16-,19-/m1/s1. The van der Waals surface area contributed by atoms with E-state index < -0.39 is 21.8 Å². The van der Waals surface area contributed by atoms with Crippen LogP contribution in [0.5, 0.6) is 11.5 Å². The van der Waals surface area contributed by atoms with Gasteiger partial charge in [-0.3, -0.25) is 4.79 Å². The molecule has 2 atom stereocenters. The van der Waals surface area contributed by atoms with Crippen LogP contribution in [0.15, 0.2) is 41.4 Å². The number of carbonyl (C=O) groups is 1. The van der Waals surface area contributed by atoms with Crippen LogP contribution in [0.25, 0.3) is 0 Å². The van der Waals surface area contributed by atoms with Crippen molar-refractivity contribution in [3.8, 4) is 11.5 Å². The van der Waals surface area contributed by atoms with Crippen molar-refractivity contribution in [2.45, 2.75) is 17.7 Å². The fourth-order valence-corrected chi connectivity index (χ4v) is 7.96. The number of halogens is 2. The zero-order chi connectivity index (χ0) is 23.0. The first kappa shape index (κ1) is 22.9. The van der Waals surface area contributed by atoms with Crippen LogP contribution in [0, 0.1) is 5.82 Å². The van der Waals surface area contributed by atoms with Crippen LogP contribution in [0.4, 0.5) is 10.1 Å². The Hall–Kier alpha value is -2.30. The minimum atomic E-state index is -3.23. The van der Waals surface area contributed by atoms with Gasteiger partial charge in [0.2, 0.25) is 0 Å². The number of fused-ring (bicyclic) bond motifs is 1. The van der Waals surface area contributed by atoms with E-state index in [1.807, 2.05) is 0 Å². The number of nitrogens with zero attached hydrogens (tertiary/aromatic N) is 2. The number of ether oxygens (including phenoxy) is 2. The normalized spacial score (nSPS) is 22.8. The summed E-state index contributed by atoms with van der Waals surface area (Å²) in [6.45, 7) is 0. The molecule has 0 radical (unpaired) electrons. The SMILES string of the molecule is COc1cc(OC)c(N2C(=NC(=O)Cc3ccc(F)cc3)S[C@@H]3CS(=O)(=O)C[C@H]32)cc1Cl. The van der Waals surface area contributed by atoms with E-state index in [-0.39, 0.29) is 29.0 Å². The Morgan fingerprint density at radius 3 is 2.53 bits per heavy atom. The maximum Gasteiger partial charge on any atom is 0.252 e. The number of hydrogen-bond acceptors (Lipinski definition) is 6. The van der Waals surface area contributed by atoms with Crippen molar-refractivity contribution in [2.75, 3.05) is 30.6 Å². The van der Waals surface area contributed by atoms with Crippen LogP contribution in [0.1, 0.15) is 5.56 Å². The Balaban J connectivity index is 1.72. The largest absolute Gasteiger partial charge is 0.495 e. The van der Waals surface area contributed by atoms with Crippen molar-refractivity contribution in [2.24, 2.45) is 4.99 Å². The van der Waals surface area contributed by atoms with Gasteiger partial charge in [-0.1, -0.05) is 35.5 Å². The first-order valence-corrected chi connectivity index (χ1v) is 12.7. The highest BCUT2D eigenvalue weighted by molar-refractivity contribution is 8.16. The molecule has 32 heavy (non-hydrogen) atoms. The van der Waals surface area contributed by atoms with E-state index in [1.54, 1.807) is 17.0 Å². The molecule has 2 aromatic rings. The van der Waals surface area contributed by atoms with Gasteiger partial charge in [-0.15, -0.1) is 0 Å². The molecule has 2 fully saturated rings. The van der Waals surface area contributed by atoms with Gasteiger partial charge in [0.1, 0.15) is 17.3 Å². The number of amidine groups is 1. The number of rotatable bonds is 5. The first-order chi connectivity index (χ1) is 15.2. The molecule has 2 heterocycles. The summed E-state index contributed by atoms with van der Waals surface area (Å²) >= 11 is 7.59. The van der Waals surface area contributed by atoms with Gasteiger partial charge in [0.25, 0.3) is 5.91 Å². The second-order valence-electron chi connectivity index (χ2n) is 7.42. The summed E-state index contributed by atoms with van der Waals surface area (Å²) in [5.74, 6) is -0.0668. The predicted octanol–water partition coefficient (Wildman–Crippen LogP) is 3.34. The topological polar surface area (TPSA) is 85.3 Å². The van der Waals surface area contributed by atoms with E-state index in [4.69, 9.17) is 21.1 Å². The molecule has 0 bridgehead atoms. The molecule has 1 amide bonds. The van der Waals surface area contributed by atoms with Crippen molar-refractivity contribution in [1.29, 1.82) is 0 Å². The summed E-state index contributed by atoms with van der Waals surface area (Å²) < 4.78 is 48.5. The van der Waals surface area contributed by atoms with Crippen LogP contribution >= 0.6 is 23.4 Å². The molecule has 0 unspecified atom stereocenters. The van der Waals surface area contributed by atoms with Gasteiger partial charge in [-0.2, -0.15) is 4.99 Å². The highest BCUT2D eigenvalue weighted by Crippen LogP contribution is 2.46. The minimum Gasteiger partial charge on any atom is -0.495 e. The number of benzene rings is 2. The zero-order valence-electron chi connectivity index (χ0n) is 17.2. The number of sulfone groups is 1. The van der Waals surface area contributed by atoms with Crippen LogP contribution in [0.3, 0.4) is 0 Å². The van der Waals surface area contributed by atoms with Crippen LogP contribution in [-0.4, -0.2) is 56.5 Å². The Kier molecular flexibility index (Phi) is 6.37. The van der Waals surface area contributed by atoms with E-state index in [0.29, 0.717) is 32.9 Å². The number of hydrogen-bond donors (Lipinski definition) is 0. The maximum atomic E-state index is 13.1. The van der Waals surface area contributed by atoms with Crippen molar-refractivity contribution < 1.29 is 27.1 Å². The molecular weight excluding hydrogens is 479 g/mol. The number of methoxy groups -OCH3 is 2. The van der Waals surface area contributed by atoms with Crippen molar-refractivity contribution in [3.05, 3.63) is 52.8 Å². The molecule has 0 saturated carbocycles. The summed E-state index contributed by atoms with van der Waals surface area (Å²) in [6.07, 6.45) is -0.00762. The third kappa shape index (κ3) is 4.57. The Bertz CT molecular complexity index is 1190. The number of carbonyl (C=O) groups excluding carboxylic acids is 1. The smallest absolute Gasteiger partial charge is 0.252 e. The fourth-order valence-electron chi connectivity index (χ4n) is 3.80. The van der Waals surface area contributed by atoms with Crippen LogP contribution < -0.4 is 14.4 Å². The summed E-state index contributed by atoms with van der Waals surface area (Å²) in [4.78, 5) is 18.7. The minimum absolute atomic E-state index is 0.00376. The molecule has 0 N–H and O–H groups in total. The molecule has 0 aliphatic carbocycles. The fraction of sp³-hybridized carbons (Fsp3) is 0.333. The van der Waals surface area contributed by atoms with Gasteiger partial charge in [-0.25, -0.2) is 12.8 Å². The molecule has 0 aromatic heterocycles. The molecule has 2 aliphatic heterocycles. The highest BCUT2D eigenvalue weighted by Gasteiger charge is 2.50. The van der Waals surface area contributed by atoms with Crippen molar-refractivity contribution in [1.82, 2.24) is 0 Å². The van der Waals surface area contributed by atoms with E-state index in [9.17, 15) is 17.6 Å². The third-order valence-corrected chi connectivity index (χ3v) is 8.77. The van der Waals surface area contributed by atoms with E-state index in [0.717, 1.165) is 0 Å². The summed E-state index contributed by atoms with van der Waals surface area (Å²) in [7, 11) is -0.270. The quantitative estimate of drug-likeness (QED) is 0.625. The number of aliphatic imine (C=N–C) groups is 1. The molecule has 0 spiro atoms. The molecular formula is C21H20ClFN2O5S2. The van der Waals surface area contributed by atoms with Gasteiger partial charge >= 0.3 is 0 Å². The summed E-state index contributed by atoms with van der Waals surface area (Å²) in [5.41, 5.74) is 1.13. The third-order valence-electron chi connectivity index (χ3n) is 5.27. The van der Waals surface area contributed by atoms with Crippen LogP contribution in [-0.2, 0) is 21.1 Å². The van der Waals surface area contributed by atoms with Gasteiger partial charge in [0, 0.05) is 11.3 Å². The average Bonchev–Trinajstić information content (AvgIpc) is 3.20. The number of amides is 1. The second kappa shape index (κ2) is 8.92. The molecule has 2 saturated heterocycles. The Labute approximate surface area is 194 Å². The van der Waals surface area contributed by atoms with Crippen LogP contribution in [0.2, 0.25) is 5.02 Å². The second-order valence-corrected chi connectivity index (χ2v) is 11.2. The lowest BCUT2D eigenvalue weighted by molar-refractivity contribution is -0.117. The highest BCUT2D eigenvalue weighted by atomic mass is 35.5. The lowest BCUT2D eigenvalue weighted by Gasteiger charge is -2.26. The lowest BCUT2D eigenvalue weighted by Crippen LogP contribution is -2.38. The first-order valence-electron chi connectivity index (χ1n) is 9.64. The van der Waals surface area contributed by atoms with E-state index in [2.05, 4.69) is 4.99 Å². The molecule has 7 nitrogen and oxygen atoms in total. The van der Waals surface area contributed by atoms with Gasteiger partial charge in [0.15, 0.2) is 15.0 Å². The van der Waals surface area contributed by atoms with Gasteiger partial charge in [0.05, 0.1) is 48.9 Å². The number of anilines is 1. The van der Waals surface area contributed by atoms with Gasteiger partial charge < -0.3 is 14.4 Å². The zero-order valence-corrected chi connectivity index (χ0v) is 19.6. The summed E-state index contributed by atoms with van der Waals surface area (Å²) in [5, 5.41) is 0.416. The molecule has 2 aliphatic rings. The molecule has 170 valence electrons. The van der Waals surface area contributed by atoms with Crippen molar-refractivity contribution in [3.63, 3.8) is 0 Å². The van der Waals surface area contributed by atoms with E-state index in [1.165, 1.54) is 50.2 Å². The van der Waals surface area contributed by atoms with E-state index >= 15 is 0 Å². The summed E-state index contributed by atoms with van der Waals surface area (Å²) in [6, 6.07) is 8.43. The predicted molar refractivity (Wildman–Crippen MR) is 123 cm³/mol. The lowest BCUT2D eigenvalue weighted by atomic mass is 10.1. The molecule has 4 rings (SSSR count). The average molecular weight is 499 g/mol.